The molecular formula is C15H18N2O3S. The Hall–Kier alpha value is -1.95. The van der Waals surface area contributed by atoms with Gasteiger partial charge in [-0.1, -0.05) is 6.07 Å². The van der Waals surface area contributed by atoms with Crippen molar-refractivity contribution in [2.45, 2.75) is 11.3 Å². The lowest BCUT2D eigenvalue weighted by Gasteiger charge is -2.09. The van der Waals surface area contributed by atoms with Gasteiger partial charge >= 0.3 is 5.97 Å². The molecule has 0 aliphatic heterocycles. The van der Waals surface area contributed by atoms with E-state index in [1.54, 1.807) is 19.0 Å². The molecule has 0 fully saturated rings. The van der Waals surface area contributed by atoms with E-state index < -0.39 is 0 Å². The van der Waals surface area contributed by atoms with Gasteiger partial charge in [-0.05, 0) is 29.5 Å². The third kappa shape index (κ3) is 3.39. The predicted octanol–water partition coefficient (Wildman–Crippen LogP) is 2.67. The number of hydrogen-bond acceptors (Lipinski definition) is 4. The number of aryl methyl sites for hydroxylation is 1. The summed E-state index contributed by atoms with van der Waals surface area (Å²) in [6.45, 7) is 0. The number of carbonyl (C=O) groups excluding carboxylic acids is 2. The van der Waals surface area contributed by atoms with E-state index >= 15 is 0 Å². The minimum absolute atomic E-state index is 0.0154. The number of amides is 1. The quantitative estimate of drug-likeness (QED) is 0.646. The van der Waals surface area contributed by atoms with Crippen LogP contribution in [-0.2, 0) is 23.0 Å². The van der Waals surface area contributed by atoms with Crippen molar-refractivity contribution in [3.05, 3.63) is 30.0 Å². The number of nitrogens with zero attached hydrogens (tertiary/aromatic N) is 2. The van der Waals surface area contributed by atoms with E-state index in [2.05, 4.69) is 0 Å². The Kier molecular flexibility index (Phi) is 4.57. The van der Waals surface area contributed by atoms with Gasteiger partial charge in [0.25, 0.3) is 5.24 Å². The fraction of sp³-hybridized carbons (Fsp3) is 0.333. The van der Waals surface area contributed by atoms with E-state index in [0.717, 1.165) is 21.4 Å². The molecule has 21 heavy (non-hydrogen) atoms. The second-order valence-corrected chi connectivity index (χ2v) is 5.98. The lowest BCUT2D eigenvalue weighted by molar-refractivity contribution is -0.139. The number of hydrogen-bond donors (Lipinski definition) is 0. The van der Waals surface area contributed by atoms with E-state index in [4.69, 9.17) is 4.74 Å². The maximum absolute atomic E-state index is 11.7. The fourth-order valence-electron chi connectivity index (χ4n) is 2.07. The first-order chi connectivity index (χ1) is 9.92. The molecule has 0 aliphatic rings. The molecule has 0 spiro atoms. The molecule has 1 heterocycles. The van der Waals surface area contributed by atoms with Crippen molar-refractivity contribution in [1.29, 1.82) is 0 Å². The number of rotatable bonds is 3. The summed E-state index contributed by atoms with van der Waals surface area (Å²) in [5.41, 5.74) is 1.92. The van der Waals surface area contributed by atoms with Crippen LogP contribution in [0.2, 0.25) is 0 Å². The highest BCUT2D eigenvalue weighted by Gasteiger charge is 2.13. The van der Waals surface area contributed by atoms with Gasteiger partial charge in [0.05, 0.1) is 13.5 Å². The van der Waals surface area contributed by atoms with Gasteiger partial charge in [-0.2, -0.15) is 0 Å². The zero-order valence-electron chi connectivity index (χ0n) is 12.5. The minimum atomic E-state index is -0.260. The molecule has 0 N–H and O–H groups in total. The molecule has 1 aromatic carbocycles. The van der Waals surface area contributed by atoms with Crippen LogP contribution < -0.4 is 0 Å². The Morgan fingerprint density at radius 3 is 2.67 bits per heavy atom. The molecule has 0 saturated heterocycles. The number of ether oxygens (including phenoxy) is 1. The lowest BCUT2D eigenvalue weighted by Crippen LogP contribution is -2.15. The molecule has 0 aliphatic carbocycles. The summed E-state index contributed by atoms with van der Waals surface area (Å²) in [5.74, 6) is -0.260. The fourth-order valence-corrected chi connectivity index (χ4v) is 2.76. The standard InChI is InChI=1S/C15H18N2O3S/c1-16(2)15(19)21-11-5-6-12-10(7-14(18)20-4)9-17(3)13(12)8-11/h5-6,8-9H,7H2,1-4H3. The summed E-state index contributed by atoms with van der Waals surface area (Å²) in [7, 11) is 6.76. The number of aromatic nitrogens is 1. The maximum Gasteiger partial charge on any atom is 0.310 e. The number of fused-ring (bicyclic) bond motifs is 1. The van der Waals surface area contributed by atoms with E-state index in [1.165, 1.54) is 18.9 Å². The second-order valence-electron chi connectivity index (χ2n) is 4.96. The van der Waals surface area contributed by atoms with Crippen LogP contribution in [0.5, 0.6) is 0 Å². The van der Waals surface area contributed by atoms with Crippen LogP contribution in [0.25, 0.3) is 10.9 Å². The van der Waals surface area contributed by atoms with Crippen molar-refractivity contribution in [3.8, 4) is 0 Å². The molecule has 0 radical (unpaired) electrons. The Labute approximate surface area is 127 Å². The van der Waals surface area contributed by atoms with Gasteiger partial charge < -0.3 is 14.2 Å². The average molecular weight is 306 g/mol. The van der Waals surface area contributed by atoms with Gasteiger partial charge in [-0.3, -0.25) is 9.59 Å². The number of methoxy groups -OCH3 is 1. The van der Waals surface area contributed by atoms with E-state index in [0.29, 0.717) is 0 Å². The normalized spacial score (nSPS) is 10.7. The minimum Gasteiger partial charge on any atom is -0.469 e. The van der Waals surface area contributed by atoms with Gasteiger partial charge in [0.1, 0.15) is 0 Å². The maximum atomic E-state index is 11.7. The largest absolute Gasteiger partial charge is 0.469 e. The molecule has 0 unspecified atom stereocenters. The number of carbonyl (C=O) groups is 2. The Morgan fingerprint density at radius 2 is 2.05 bits per heavy atom. The first-order valence-corrected chi connectivity index (χ1v) is 7.28. The summed E-state index contributed by atoms with van der Waals surface area (Å²) >= 11 is 1.18. The molecule has 2 rings (SSSR count). The molecule has 5 nitrogen and oxygen atoms in total. The van der Waals surface area contributed by atoms with Crippen molar-refractivity contribution in [2.75, 3.05) is 21.2 Å². The van der Waals surface area contributed by atoms with Gasteiger partial charge in [-0.15, -0.1) is 0 Å². The number of thioether (sulfide) groups is 1. The SMILES string of the molecule is COC(=O)Cc1cn(C)c2cc(SC(=O)N(C)C)ccc12. The van der Waals surface area contributed by atoms with E-state index in [1.807, 2.05) is 36.0 Å². The lowest BCUT2D eigenvalue weighted by atomic mass is 10.1. The van der Waals surface area contributed by atoms with Crippen molar-refractivity contribution < 1.29 is 14.3 Å². The molecule has 0 atom stereocenters. The summed E-state index contributed by atoms with van der Waals surface area (Å²) in [6.07, 6.45) is 2.17. The Balaban J connectivity index is 2.34. The van der Waals surface area contributed by atoms with Gasteiger partial charge in [-0.25, -0.2) is 0 Å². The highest BCUT2D eigenvalue weighted by Crippen LogP contribution is 2.28. The van der Waals surface area contributed by atoms with Gasteiger partial charge in [0, 0.05) is 43.1 Å². The third-order valence-electron chi connectivity index (χ3n) is 3.18. The summed E-state index contributed by atoms with van der Waals surface area (Å²) < 4.78 is 6.67. The molecule has 1 amide bonds. The van der Waals surface area contributed by atoms with Crippen LogP contribution in [0.3, 0.4) is 0 Å². The summed E-state index contributed by atoms with van der Waals surface area (Å²) in [5, 5.41) is 0.989. The zero-order valence-corrected chi connectivity index (χ0v) is 13.4. The van der Waals surface area contributed by atoms with Crippen LogP contribution in [-0.4, -0.2) is 41.9 Å². The highest BCUT2D eigenvalue weighted by molar-refractivity contribution is 8.13. The monoisotopic (exact) mass is 306 g/mol. The molecular weight excluding hydrogens is 288 g/mol. The smallest absolute Gasteiger partial charge is 0.310 e. The number of esters is 1. The van der Waals surface area contributed by atoms with E-state index in [9.17, 15) is 9.59 Å². The third-order valence-corrected chi connectivity index (χ3v) is 4.21. The van der Waals surface area contributed by atoms with Crippen LogP contribution in [0.15, 0.2) is 29.3 Å². The molecule has 112 valence electrons. The van der Waals surface area contributed by atoms with Crippen molar-refractivity contribution in [1.82, 2.24) is 9.47 Å². The van der Waals surface area contributed by atoms with Crippen LogP contribution in [0.1, 0.15) is 5.56 Å². The van der Waals surface area contributed by atoms with Crippen LogP contribution in [0.4, 0.5) is 4.79 Å². The van der Waals surface area contributed by atoms with Gasteiger partial charge in [0.15, 0.2) is 0 Å². The molecule has 6 heteroatoms. The number of benzene rings is 1. The van der Waals surface area contributed by atoms with Crippen LogP contribution in [0, 0.1) is 0 Å². The molecule has 2 aromatic rings. The summed E-state index contributed by atoms with van der Waals surface area (Å²) in [6, 6.07) is 5.80. The van der Waals surface area contributed by atoms with Crippen molar-refractivity contribution in [2.24, 2.45) is 7.05 Å². The Bertz CT molecular complexity index is 692. The highest BCUT2D eigenvalue weighted by atomic mass is 32.2. The summed E-state index contributed by atoms with van der Waals surface area (Å²) in [4.78, 5) is 25.6. The van der Waals surface area contributed by atoms with Crippen LogP contribution >= 0.6 is 11.8 Å². The molecule has 1 aromatic heterocycles. The van der Waals surface area contributed by atoms with E-state index in [-0.39, 0.29) is 17.6 Å². The molecule has 0 bridgehead atoms. The zero-order chi connectivity index (χ0) is 15.6. The van der Waals surface area contributed by atoms with Gasteiger partial charge in [0.2, 0.25) is 0 Å². The van der Waals surface area contributed by atoms with Crippen molar-refractivity contribution >= 4 is 33.9 Å². The predicted molar refractivity (Wildman–Crippen MR) is 83.6 cm³/mol. The Morgan fingerprint density at radius 1 is 1.33 bits per heavy atom. The second kappa shape index (κ2) is 6.22. The molecule has 0 saturated carbocycles. The first kappa shape index (κ1) is 15.4. The topological polar surface area (TPSA) is 51.5 Å². The van der Waals surface area contributed by atoms with Crippen molar-refractivity contribution in [3.63, 3.8) is 0 Å². The average Bonchev–Trinajstić information content (AvgIpc) is 2.74. The first-order valence-electron chi connectivity index (χ1n) is 6.46.